The molecule has 41 heavy (non-hydrogen) atoms. The van der Waals surface area contributed by atoms with E-state index in [1.165, 1.54) is 34.0 Å². The Kier molecular flexibility index (Phi) is 6.87. The van der Waals surface area contributed by atoms with Crippen LogP contribution in [0.3, 0.4) is 0 Å². The quantitative estimate of drug-likeness (QED) is 0.343. The molecule has 1 amide bonds. The summed E-state index contributed by atoms with van der Waals surface area (Å²) in [6, 6.07) is 7.42. The number of anilines is 1. The first-order valence-corrected chi connectivity index (χ1v) is 13.3. The van der Waals surface area contributed by atoms with Crippen molar-refractivity contribution in [2.45, 2.75) is 32.2 Å². The Morgan fingerprint density at radius 1 is 1.10 bits per heavy atom. The molecule has 1 N–H and O–H groups in total. The second-order valence-electron chi connectivity index (χ2n) is 9.87. The number of nitrogens with one attached hydrogen (secondary N) is 1. The van der Waals surface area contributed by atoms with Crippen molar-refractivity contribution in [3.63, 3.8) is 0 Å². The van der Waals surface area contributed by atoms with E-state index < -0.39 is 17.4 Å². The van der Waals surface area contributed by atoms with E-state index >= 15 is 4.39 Å². The van der Waals surface area contributed by atoms with Crippen LogP contribution in [0.2, 0.25) is 5.02 Å². The molecule has 12 nitrogen and oxygen atoms in total. The van der Waals surface area contributed by atoms with Crippen molar-refractivity contribution in [3.8, 4) is 28.2 Å². The number of aryl methyl sites for hydroxylation is 1. The minimum absolute atomic E-state index is 0.00330. The highest BCUT2D eigenvalue weighted by Gasteiger charge is 2.25. The number of rotatable bonds is 3. The lowest BCUT2D eigenvalue weighted by atomic mass is 9.97. The summed E-state index contributed by atoms with van der Waals surface area (Å²) in [5.41, 5.74) is 2.70. The van der Waals surface area contributed by atoms with Crippen molar-refractivity contribution < 1.29 is 9.18 Å². The van der Waals surface area contributed by atoms with Crippen LogP contribution in [0.25, 0.3) is 28.2 Å². The van der Waals surface area contributed by atoms with Gasteiger partial charge in [-0.1, -0.05) is 24.9 Å². The lowest BCUT2D eigenvalue weighted by Crippen LogP contribution is -2.27. The summed E-state index contributed by atoms with van der Waals surface area (Å²) in [6.07, 6.45) is 7.75. The molecule has 0 saturated heterocycles. The fraction of sp³-hybridized carbons (Fsp3) is 0.259. The molecule has 2 bridgehead atoms. The third-order valence-corrected chi connectivity index (χ3v) is 7.54. The van der Waals surface area contributed by atoms with Crippen LogP contribution in [-0.4, -0.2) is 50.4 Å². The van der Waals surface area contributed by atoms with Crippen LogP contribution >= 0.6 is 11.6 Å². The van der Waals surface area contributed by atoms with E-state index in [9.17, 15) is 9.59 Å². The van der Waals surface area contributed by atoms with Crippen molar-refractivity contribution in [2.75, 3.05) is 5.32 Å². The molecule has 1 aliphatic rings. The van der Waals surface area contributed by atoms with E-state index in [1.54, 1.807) is 30.2 Å². The fourth-order valence-electron chi connectivity index (χ4n) is 5.11. The molecular weight excluding hydrogens is 551 g/mol. The van der Waals surface area contributed by atoms with E-state index in [1.807, 2.05) is 19.1 Å². The van der Waals surface area contributed by atoms with Gasteiger partial charge in [0.05, 0.1) is 57.6 Å². The van der Waals surface area contributed by atoms with E-state index in [0.29, 0.717) is 30.6 Å². The molecule has 5 heterocycles. The molecule has 0 unspecified atom stereocenters. The van der Waals surface area contributed by atoms with Gasteiger partial charge in [0.2, 0.25) is 5.91 Å². The van der Waals surface area contributed by atoms with Crippen LogP contribution < -0.4 is 10.9 Å². The van der Waals surface area contributed by atoms with E-state index in [-0.39, 0.29) is 33.8 Å². The van der Waals surface area contributed by atoms with Gasteiger partial charge >= 0.3 is 0 Å². The summed E-state index contributed by atoms with van der Waals surface area (Å²) < 4.78 is 19.7. The molecule has 0 saturated carbocycles. The number of aromatic nitrogens is 9. The molecule has 5 aromatic rings. The fourth-order valence-corrected chi connectivity index (χ4v) is 5.27. The zero-order chi connectivity index (χ0) is 28.7. The first-order chi connectivity index (χ1) is 19.8. The van der Waals surface area contributed by atoms with Gasteiger partial charge in [0, 0.05) is 30.8 Å². The Balaban J connectivity index is 1.46. The normalized spacial score (nSPS) is 17.3. The number of fused-ring (bicyclic) bond motifs is 4. The Bertz CT molecular complexity index is 1820. The van der Waals surface area contributed by atoms with Gasteiger partial charge in [0.15, 0.2) is 5.82 Å². The number of hydrogen-bond donors (Lipinski definition) is 1. The number of carbonyl (C=O) groups excluding carboxylic acids is 1. The van der Waals surface area contributed by atoms with Gasteiger partial charge in [-0.3, -0.25) is 23.8 Å². The Hall–Kier alpha value is -4.78. The highest BCUT2D eigenvalue weighted by atomic mass is 35.5. The first kappa shape index (κ1) is 26.4. The smallest absolute Gasteiger partial charge is 0.254 e. The average Bonchev–Trinajstić information content (AvgIpc) is 3.62. The molecule has 1 aliphatic heterocycles. The van der Waals surface area contributed by atoms with Crippen molar-refractivity contribution >= 4 is 23.2 Å². The second-order valence-corrected chi connectivity index (χ2v) is 10.3. The Morgan fingerprint density at radius 3 is 2.73 bits per heavy atom. The summed E-state index contributed by atoms with van der Waals surface area (Å²) in [5, 5.41) is 18.3. The van der Waals surface area contributed by atoms with E-state index in [2.05, 4.69) is 35.9 Å². The number of nitrogens with zero attached hydrogens (tertiary/aromatic N) is 9. The van der Waals surface area contributed by atoms with Gasteiger partial charge in [0.1, 0.15) is 6.33 Å². The summed E-state index contributed by atoms with van der Waals surface area (Å²) in [7, 11) is 1.80. The number of benzene rings is 1. The average molecular weight is 575 g/mol. The molecule has 2 atom stereocenters. The SMILES string of the molecule is C[C@@H]1CCC[C@H](n2cnc(-c3c(-n4cnnn4)ccc(Cl)c3F)cc2=O)c2cc(ccn2)-c2c(cnn2C)NC1=O. The Morgan fingerprint density at radius 2 is 1.95 bits per heavy atom. The predicted octanol–water partition coefficient (Wildman–Crippen LogP) is 3.82. The molecule has 0 radical (unpaired) electrons. The monoisotopic (exact) mass is 574 g/mol. The first-order valence-electron chi connectivity index (χ1n) is 12.9. The van der Waals surface area contributed by atoms with Crippen molar-refractivity contribution in [1.29, 1.82) is 0 Å². The molecule has 1 aromatic carbocycles. The van der Waals surface area contributed by atoms with Crippen LogP contribution in [-0.2, 0) is 11.8 Å². The zero-order valence-electron chi connectivity index (χ0n) is 22.1. The third-order valence-electron chi connectivity index (χ3n) is 7.25. The standard InChI is InChI=1S/C27H24ClFN10O2/c1-15-4-3-5-21(18-10-16(8-9-30-18)26-20(34-27(15)41)12-33-37(26)2)38-13-31-19(11-23(38)40)24-22(39-14-32-35-36-39)7-6-17(28)25(24)29/h6-15,21H,3-5H2,1-2H3,(H,34,41)/t15-,21+/m1/s1. The third kappa shape index (κ3) is 4.88. The van der Waals surface area contributed by atoms with Crippen molar-refractivity contribution in [2.24, 2.45) is 13.0 Å². The molecule has 0 spiro atoms. The number of carbonyl (C=O) groups is 1. The molecule has 6 rings (SSSR count). The lowest BCUT2D eigenvalue weighted by Gasteiger charge is -2.22. The van der Waals surface area contributed by atoms with Gasteiger partial charge in [0.25, 0.3) is 5.56 Å². The van der Waals surface area contributed by atoms with Gasteiger partial charge in [-0.25, -0.2) is 9.37 Å². The summed E-state index contributed by atoms with van der Waals surface area (Å²) in [4.78, 5) is 35.6. The van der Waals surface area contributed by atoms with Crippen LogP contribution in [0.1, 0.15) is 37.9 Å². The minimum Gasteiger partial charge on any atom is -0.323 e. The van der Waals surface area contributed by atoms with Gasteiger partial charge in [-0.05, 0) is 47.5 Å². The van der Waals surface area contributed by atoms with Gasteiger partial charge in [-0.2, -0.15) is 9.78 Å². The molecule has 208 valence electrons. The van der Waals surface area contributed by atoms with E-state index in [0.717, 1.165) is 11.3 Å². The summed E-state index contributed by atoms with van der Waals surface area (Å²) >= 11 is 6.09. The molecule has 0 fully saturated rings. The Labute approximate surface area is 237 Å². The molecular formula is C27H24ClFN10O2. The minimum atomic E-state index is -0.746. The van der Waals surface area contributed by atoms with Crippen LogP contribution in [0, 0.1) is 11.7 Å². The number of hydrogen-bond acceptors (Lipinski definition) is 8. The largest absolute Gasteiger partial charge is 0.323 e. The lowest BCUT2D eigenvalue weighted by molar-refractivity contribution is -0.119. The summed E-state index contributed by atoms with van der Waals surface area (Å²) in [5.74, 6) is -1.11. The maximum atomic E-state index is 15.3. The highest BCUT2D eigenvalue weighted by Crippen LogP contribution is 2.34. The zero-order valence-corrected chi connectivity index (χ0v) is 22.8. The topological polar surface area (TPSA) is 138 Å². The summed E-state index contributed by atoms with van der Waals surface area (Å²) in [6.45, 7) is 1.87. The van der Waals surface area contributed by atoms with Gasteiger partial charge < -0.3 is 5.32 Å². The molecule has 14 heteroatoms. The predicted molar refractivity (Wildman–Crippen MR) is 148 cm³/mol. The van der Waals surface area contributed by atoms with Crippen molar-refractivity contribution in [1.82, 2.24) is 44.5 Å². The maximum absolute atomic E-state index is 15.3. The molecule has 0 aliphatic carbocycles. The number of tetrazole rings is 1. The highest BCUT2D eigenvalue weighted by molar-refractivity contribution is 6.31. The van der Waals surface area contributed by atoms with Crippen molar-refractivity contribution in [3.05, 3.63) is 82.3 Å². The maximum Gasteiger partial charge on any atom is 0.254 e. The second kappa shape index (κ2) is 10.7. The van der Waals surface area contributed by atoms with Crippen LogP contribution in [0.4, 0.5) is 10.1 Å². The number of amides is 1. The number of pyridine rings is 1. The van der Waals surface area contributed by atoms with Crippen LogP contribution in [0.15, 0.2) is 60.2 Å². The molecule has 4 aromatic heterocycles. The van der Waals surface area contributed by atoms with Crippen LogP contribution in [0.5, 0.6) is 0 Å². The van der Waals surface area contributed by atoms with Gasteiger partial charge in [-0.15, -0.1) is 5.10 Å². The number of halogens is 2. The van der Waals surface area contributed by atoms with E-state index in [4.69, 9.17) is 11.6 Å².